The van der Waals surface area contributed by atoms with Crippen LogP contribution in [0, 0.1) is 12.3 Å². The lowest BCUT2D eigenvalue weighted by Crippen LogP contribution is -2.53. The standard InChI is InChI=1S/C22H34N2/c1-16-12-10-11-15-20(16)24-18(3)17(2)23(21(24)22(4,5)6)19-13-8-7-9-14-19/h10-12,15,19,21H,7-9,13-14H2,1-6H3. The number of hydrogen-bond donors (Lipinski definition) is 0. The number of anilines is 1. The van der Waals surface area contributed by atoms with E-state index in [0.717, 1.165) is 0 Å². The van der Waals surface area contributed by atoms with Crippen LogP contribution >= 0.6 is 0 Å². The molecule has 1 unspecified atom stereocenters. The maximum atomic E-state index is 2.76. The molecule has 0 aromatic heterocycles. The predicted molar refractivity (Wildman–Crippen MR) is 104 cm³/mol. The molecule has 24 heavy (non-hydrogen) atoms. The maximum Gasteiger partial charge on any atom is 0.111 e. The summed E-state index contributed by atoms with van der Waals surface area (Å²) in [5.74, 6) is 0. The van der Waals surface area contributed by atoms with E-state index in [1.54, 1.807) is 0 Å². The summed E-state index contributed by atoms with van der Waals surface area (Å²) < 4.78 is 0. The summed E-state index contributed by atoms with van der Waals surface area (Å²) in [6, 6.07) is 9.54. The molecule has 1 aliphatic heterocycles. The molecule has 0 bridgehead atoms. The molecule has 3 rings (SSSR count). The van der Waals surface area contributed by atoms with Gasteiger partial charge in [0.05, 0.1) is 0 Å². The van der Waals surface area contributed by atoms with Crippen LogP contribution in [0.15, 0.2) is 35.7 Å². The van der Waals surface area contributed by atoms with E-state index in [2.05, 4.69) is 75.6 Å². The SMILES string of the molecule is CC1=C(C)N(C2CCCCC2)C(C(C)(C)C)N1c1ccccc1C. The van der Waals surface area contributed by atoms with E-state index in [0.29, 0.717) is 12.2 Å². The molecule has 132 valence electrons. The van der Waals surface area contributed by atoms with Gasteiger partial charge < -0.3 is 9.80 Å². The highest BCUT2D eigenvalue weighted by Crippen LogP contribution is 2.45. The molecule has 1 atom stereocenters. The molecule has 2 nitrogen and oxygen atoms in total. The quantitative estimate of drug-likeness (QED) is 0.650. The minimum absolute atomic E-state index is 0.193. The lowest BCUT2D eigenvalue weighted by Gasteiger charge is -2.47. The monoisotopic (exact) mass is 326 g/mol. The van der Waals surface area contributed by atoms with E-state index in [1.165, 1.54) is 54.7 Å². The molecule has 1 aliphatic carbocycles. The molecule has 1 heterocycles. The van der Waals surface area contributed by atoms with E-state index >= 15 is 0 Å². The zero-order valence-corrected chi connectivity index (χ0v) is 16.4. The molecule has 0 radical (unpaired) electrons. The van der Waals surface area contributed by atoms with Gasteiger partial charge in [0, 0.05) is 28.5 Å². The second kappa shape index (κ2) is 6.46. The lowest BCUT2D eigenvalue weighted by molar-refractivity contribution is 0.0912. The van der Waals surface area contributed by atoms with E-state index in [9.17, 15) is 0 Å². The fraction of sp³-hybridized carbons (Fsp3) is 0.636. The molecular weight excluding hydrogens is 292 g/mol. The van der Waals surface area contributed by atoms with Crippen molar-refractivity contribution in [3.8, 4) is 0 Å². The van der Waals surface area contributed by atoms with Crippen LogP contribution in [0.3, 0.4) is 0 Å². The summed E-state index contributed by atoms with van der Waals surface area (Å²) in [6.07, 6.45) is 7.27. The van der Waals surface area contributed by atoms with Crippen molar-refractivity contribution in [1.82, 2.24) is 4.90 Å². The lowest BCUT2D eigenvalue weighted by atomic mass is 9.87. The Hall–Kier alpha value is -1.44. The number of nitrogens with zero attached hydrogens (tertiary/aromatic N) is 2. The number of rotatable bonds is 2. The second-order valence-corrected chi connectivity index (χ2v) is 8.77. The fourth-order valence-electron chi connectivity index (χ4n) is 4.64. The van der Waals surface area contributed by atoms with Crippen molar-refractivity contribution in [2.45, 2.75) is 85.9 Å². The van der Waals surface area contributed by atoms with Crippen molar-refractivity contribution in [2.75, 3.05) is 4.90 Å². The first-order chi connectivity index (χ1) is 11.3. The molecular formula is C22H34N2. The average Bonchev–Trinajstić information content (AvgIpc) is 2.81. The topological polar surface area (TPSA) is 6.48 Å². The van der Waals surface area contributed by atoms with Crippen LogP contribution < -0.4 is 4.90 Å². The molecule has 1 aromatic rings. The third-order valence-electron chi connectivity index (χ3n) is 5.90. The number of para-hydroxylation sites is 1. The molecule has 0 spiro atoms. The van der Waals surface area contributed by atoms with Gasteiger partial charge in [-0.2, -0.15) is 0 Å². The summed E-state index contributed by atoms with van der Waals surface area (Å²) in [6.45, 7) is 14.1. The Morgan fingerprint density at radius 2 is 1.50 bits per heavy atom. The normalized spacial score (nSPS) is 23.3. The van der Waals surface area contributed by atoms with Crippen molar-refractivity contribution in [2.24, 2.45) is 5.41 Å². The van der Waals surface area contributed by atoms with Crippen LogP contribution in [-0.2, 0) is 0 Å². The minimum Gasteiger partial charge on any atom is -0.350 e. The van der Waals surface area contributed by atoms with Crippen LogP contribution in [0.5, 0.6) is 0 Å². The van der Waals surface area contributed by atoms with Crippen molar-refractivity contribution in [3.05, 3.63) is 41.2 Å². The maximum absolute atomic E-state index is 2.76. The van der Waals surface area contributed by atoms with Gasteiger partial charge >= 0.3 is 0 Å². The Balaban J connectivity index is 2.06. The largest absolute Gasteiger partial charge is 0.350 e. The zero-order valence-electron chi connectivity index (χ0n) is 16.4. The van der Waals surface area contributed by atoms with Crippen molar-refractivity contribution in [3.63, 3.8) is 0 Å². The molecule has 2 heteroatoms. The minimum atomic E-state index is 0.193. The smallest absolute Gasteiger partial charge is 0.111 e. The molecule has 0 amide bonds. The number of aryl methyl sites for hydroxylation is 1. The summed E-state index contributed by atoms with van der Waals surface area (Å²) in [5.41, 5.74) is 5.83. The van der Waals surface area contributed by atoms with E-state index in [1.807, 2.05) is 0 Å². The molecule has 0 saturated heterocycles. The molecule has 2 aliphatic rings. The van der Waals surface area contributed by atoms with Gasteiger partial charge in [-0.05, 0) is 45.2 Å². The zero-order chi connectivity index (χ0) is 17.5. The van der Waals surface area contributed by atoms with Gasteiger partial charge in [-0.3, -0.25) is 0 Å². The molecule has 1 aromatic carbocycles. The van der Waals surface area contributed by atoms with Gasteiger partial charge in [0.2, 0.25) is 0 Å². The number of allylic oxidation sites excluding steroid dienone is 2. The van der Waals surface area contributed by atoms with Crippen molar-refractivity contribution >= 4 is 5.69 Å². The van der Waals surface area contributed by atoms with Gasteiger partial charge in [0.25, 0.3) is 0 Å². The number of benzene rings is 1. The van der Waals surface area contributed by atoms with Gasteiger partial charge in [0.1, 0.15) is 6.17 Å². The van der Waals surface area contributed by atoms with E-state index in [4.69, 9.17) is 0 Å². The van der Waals surface area contributed by atoms with Crippen LogP contribution in [-0.4, -0.2) is 17.1 Å². The predicted octanol–water partition coefficient (Wildman–Crippen LogP) is 6.07. The first kappa shape index (κ1) is 17.4. The Morgan fingerprint density at radius 3 is 2.08 bits per heavy atom. The Labute approximate surface area is 148 Å². The Morgan fingerprint density at radius 1 is 0.875 bits per heavy atom. The third kappa shape index (κ3) is 2.96. The summed E-state index contributed by atoms with van der Waals surface area (Å²) in [4.78, 5) is 5.38. The van der Waals surface area contributed by atoms with Crippen LogP contribution in [0.25, 0.3) is 0 Å². The average molecular weight is 327 g/mol. The van der Waals surface area contributed by atoms with Crippen LogP contribution in [0.1, 0.15) is 72.3 Å². The van der Waals surface area contributed by atoms with E-state index in [-0.39, 0.29) is 5.41 Å². The first-order valence-corrected chi connectivity index (χ1v) is 9.63. The summed E-state index contributed by atoms with van der Waals surface area (Å²) >= 11 is 0. The molecule has 0 N–H and O–H groups in total. The highest BCUT2D eigenvalue weighted by molar-refractivity contribution is 5.61. The van der Waals surface area contributed by atoms with Crippen LogP contribution in [0.4, 0.5) is 5.69 Å². The van der Waals surface area contributed by atoms with Gasteiger partial charge in [-0.15, -0.1) is 0 Å². The molecule has 1 saturated carbocycles. The number of hydrogen-bond acceptors (Lipinski definition) is 2. The second-order valence-electron chi connectivity index (χ2n) is 8.77. The third-order valence-corrected chi connectivity index (χ3v) is 5.90. The van der Waals surface area contributed by atoms with Gasteiger partial charge in [-0.1, -0.05) is 58.2 Å². The van der Waals surface area contributed by atoms with Crippen molar-refractivity contribution < 1.29 is 0 Å². The van der Waals surface area contributed by atoms with Crippen molar-refractivity contribution in [1.29, 1.82) is 0 Å². The summed E-state index contributed by atoms with van der Waals surface area (Å²) in [7, 11) is 0. The van der Waals surface area contributed by atoms with Gasteiger partial charge in [0.15, 0.2) is 0 Å². The fourth-order valence-corrected chi connectivity index (χ4v) is 4.64. The Bertz CT molecular complexity index is 617. The summed E-state index contributed by atoms with van der Waals surface area (Å²) in [5, 5.41) is 0. The van der Waals surface area contributed by atoms with E-state index < -0.39 is 0 Å². The highest BCUT2D eigenvalue weighted by Gasteiger charge is 2.45. The first-order valence-electron chi connectivity index (χ1n) is 9.63. The van der Waals surface area contributed by atoms with Gasteiger partial charge in [-0.25, -0.2) is 0 Å². The highest BCUT2D eigenvalue weighted by atomic mass is 15.4. The Kier molecular flexibility index (Phi) is 4.68. The van der Waals surface area contributed by atoms with Crippen LogP contribution in [0.2, 0.25) is 0 Å². The molecule has 1 fully saturated rings.